The summed E-state index contributed by atoms with van der Waals surface area (Å²) in [7, 11) is 0. The van der Waals surface area contributed by atoms with Gasteiger partial charge in [0, 0.05) is 43.7 Å². The Morgan fingerprint density at radius 2 is 2.18 bits per heavy atom. The fourth-order valence-electron chi connectivity index (χ4n) is 3.26. The fourth-order valence-corrected chi connectivity index (χ4v) is 3.26. The quantitative estimate of drug-likeness (QED) is 0.887. The number of nitrogens with one attached hydrogen (secondary N) is 2. The molecule has 0 bridgehead atoms. The van der Waals surface area contributed by atoms with Crippen LogP contribution in [-0.2, 0) is 16.0 Å². The van der Waals surface area contributed by atoms with E-state index in [-0.39, 0.29) is 17.7 Å². The number of para-hydroxylation sites is 1. The number of nitrogens with zero attached hydrogens (tertiary/aromatic N) is 1. The number of carbonyl (C=O) groups is 2. The molecule has 3 rings (SSSR count). The van der Waals surface area contributed by atoms with Crippen LogP contribution in [0.15, 0.2) is 24.3 Å². The van der Waals surface area contributed by atoms with E-state index in [1.54, 1.807) is 0 Å². The first-order valence-corrected chi connectivity index (χ1v) is 8.03. The second-order valence-corrected chi connectivity index (χ2v) is 6.28. The Morgan fingerprint density at radius 3 is 3.00 bits per heavy atom. The average Bonchev–Trinajstić information content (AvgIpc) is 2.52. The van der Waals surface area contributed by atoms with Crippen LogP contribution in [0.25, 0.3) is 0 Å². The van der Waals surface area contributed by atoms with Gasteiger partial charge in [-0.3, -0.25) is 9.59 Å². The highest BCUT2D eigenvalue weighted by Gasteiger charge is 2.27. The van der Waals surface area contributed by atoms with Gasteiger partial charge in [0.05, 0.1) is 0 Å². The molecule has 1 fully saturated rings. The first-order valence-electron chi connectivity index (χ1n) is 8.03. The summed E-state index contributed by atoms with van der Waals surface area (Å²) in [6.07, 6.45) is 1.80. The van der Waals surface area contributed by atoms with E-state index in [1.165, 1.54) is 0 Å². The van der Waals surface area contributed by atoms with Crippen molar-refractivity contribution in [3.63, 3.8) is 0 Å². The van der Waals surface area contributed by atoms with Gasteiger partial charge in [-0.05, 0) is 31.4 Å². The van der Waals surface area contributed by atoms with Crippen molar-refractivity contribution in [2.24, 2.45) is 5.92 Å². The molecule has 2 amide bonds. The lowest BCUT2D eigenvalue weighted by molar-refractivity contribution is -0.132. The van der Waals surface area contributed by atoms with Crippen molar-refractivity contribution in [3.8, 4) is 0 Å². The van der Waals surface area contributed by atoms with E-state index in [4.69, 9.17) is 0 Å². The third kappa shape index (κ3) is 3.30. The maximum atomic E-state index is 12.3. The van der Waals surface area contributed by atoms with E-state index in [0.29, 0.717) is 18.9 Å². The highest BCUT2D eigenvalue weighted by atomic mass is 16.2. The van der Waals surface area contributed by atoms with Gasteiger partial charge in [-0.1, -0.05) is 18.2 Å². The number of hydrogen-bond acceptors (Lipinski definition) is 3. The molecule has 2 heterocycles. The number of benzene rings is 1. The molecule has 2 unspecified atom stereocenters. The summed E-state index contributed by atoms with van der Waals surface area (Å²) >= 11 is 0. The molecule has 1 saturated heterocycles. The molecule has 0 radical (unpaired) electrons. The number of anilines is 1. The molecular weight excluding hydrogens is 278 g/mol. The Labute approximate surface area is 131 Å². The second-order valence-electron chi connectivity index (χ2n) is 6.28. The molecule has 2 aliphatic rings. The average molecular weight is 301 g/mol. The molecule has 0 spiro atoms. The van der Waals surface area contributed by atoms with Crippen molar-refractivity contribution in [2.45, 2.75) is 32.2 Å². The number of amides is 2. The molecule has 118 valence electrons. The molecule has 1 aromatic rings. The SMILES string of the molecule is CC1CN(C(=O)CCC2Cc3ccccc3NC2=O)CCN1. The highest BCUT2D eigenvalue weighted by molar-refractivity contribution is 5.96. The van der Waals surface area contributed by atoms with Crippen LogP contribution < -0.4 is 10.6 Å². The van der Waals surface area contributed by atoms with E-state index in [0.717, 1.165) is 37.3 Å². The summed E-state index contributed by atoms with van der Waals surface area (Å²) in [5.41, 5.74) is 2.07. The van der Waals surface area contributed by atoms with Crippen LogP contribution in [0.3, 0.4) is 0 Å². The first kappa shape index (κ1) is 15.0. The summed E-state index contributed by atoms with van der Waals surface area (Å²) in [4.78, 5) is 26.4. The predicted octanol–water partition coefficient (Wildman–Crippen LogP) is 1.40. The van der Waals surface area contributed by atoms with Crippen LogP contribution in [0.1, 0.15) is 25.3 Å². The third-order valence-corrected chi connectivity index (χ3v) is 4.54. The van der Waals surface area contributed by atoms with Crippen molar-refractivity contribution in [3.05, 3.63) is 29.8 Å². The van der Waals surface area contributed by atoms with Gasteiger partial charge in [0.1, 0.15) is 0 Å². The Hall–Kier alpha value is -1.88. The van der Waals surface area contributed by atoms with E-state index in [2.05, 4.69) is 17.6 Å². The summed E-state index contributed by atoms with van der Waals surface area (Å²) in [5.74, 6) is 0.111. The van der Waals surface area contributed by atoms with Crippen molar-refractivity contribution < 1.29 is 9.59 Å². The van der Waals surface area contributed by atoms with Crippen LogP contribution in [0, 0.1) is 5.92 Å². The standard InChI is InChI=1S/C17H23N3O2/c1-12-11-20(9-8-18-12)16(21)7-6-14-10-13-4-2-3-5-15(13)19-17(14)22/h2-5,12,14,18H,6-11H2,1H3,(H,19,22). The van der Waals surface area contributed by atoms with Crippen LogP contribution in [0.5, 0.6) is 0 Å². The number of piperazine rings is 1. The smallest absolute Gasteiger partial charge is 0.227 e. The molecule has 1 aromatic carbocycles. The zero-order valence-corrected chi connectivity index (χ0v) is 13.0. The fraction of sp³-hybridized carbons (Fsp3) is 0.529. The first-order chi connectivity index (χ1) is 10.6. The van der Waals surface area contributed by atoms with Gasteiger partial charge in [-0.15, -0.1) is 0 Å². The Balaban J connectivity index is 1.55. The van der Waals surface area contributed by atoms with Gasteiger partial charge in [0.25, 0.3) is 0 Å². The van der Waals surface area contributed by atoms with Crippen molar-refractivity contribution in [1.29, 1.82) is 0 Å². The molecule has 2 atom stereocenters. The molecule has 0 saturated carbocycles. The molecule has 0 aromatic heterocycles. The number of rotatable bonds is 3. The third-order valence-electron chi connectivity index (χ3n) is 4.54. The van der Waals surface area contributed by atoms with E-state index in [1.807, 2.05) is 29.2 Å². The highest BCUT2D eigenvalue weighted by Crippen LogP contribution is 2.27. The predicted molar refractivity (Wildman–Crippen MR) is 85.5 cm³/mol. The van der Waals surface area contributed by atoms with Crippen LogP contribution in [0.4, 0.5) is 5.69 Å². The van der Waals surface area contributed by atoms with Gasteiger partial charge in [0.15, 0.2) is 0 Å². The van der Waals surface area contributed by atoms with Crippen molar-refractivity contribution >= 4 is 17.5 Å². The number of carbonyl (C=O) groups excluding carboxylic acids is 2. The maximum absolute atomic E-state index is 12.3. The molecule has 5 nitrogen and oxygen atoms in total. The van der Waals surface area contributed by atoms with E-state index >= 15 is 0 Å². The molecule has 5 heteroatoms. The van der Waals surface area contributed by atoms with E-state index < -0.39 is 0 Å². The summed E-state index contributed by atoms with van der Waals surface area (Å²) < 4.78 is 0. The minimum atomic E-state index is -0.0980. The minimum absolute atomic E-state index is 0.0418. The Bertz CT molecular complexity index is 573. The minimum Gasteiger partial charge on any atom is -0.340 e. The zero-order chi connectivity index (χ0) is 15.5. The van der Waals surface area contributed by atoms with Crippen LogP contribution >= 0.6 is 0 Å². The Morgan fingerprint density at radius 1 is 1.36 bits per heavy atom. The molecule has 22 heavy (non-hydrogen) atoms. The molecular formula is C17H23N3O2. The lowest BCUT2D eigenvalue weighted by Gasteiger charge is -2.32. The molecule has 2 N–H and O–H groups in total. The van der Waals surface area contributed by atoms with Crippen molar-refractivity contribution in [1.82, 2.24) is 10.2 Å². The topological polar surface area (TPSA) is 61.4 Å². The van der Waals surface area contributed by atoms with Crippen LogP contribution in [-0.4, -0.2) is 42.4 Å². The van der Waals surface area contributed by atoms with Crippen LogP contribution in [0.2, 0.25) is 0 Å². The molecule has 2 aliphatic heterocycles. The van der Waals surface area contributed by atoms with Gasteiger partial charge in [-0.25, -0.2) is 0 Å². The number of hydrogen-bond donors (Lipinski definition) is 2. The van der Waals surface area contributed by atoms with Gasteiger partial charge in [-0.2, -0.15) is 0 Å². The lowest BCUT2D eigenvalue weighted by Crippen LogP contribution is -2.51. The summed E-state index contributed by atoms with van der Waals surface area (Å²) in [6.45, 7) is 4.47. The van der Waals surface area contributed by atoms with E-state index in [9.17, 15) is 9.59 Å². The van der Waals surface area contributed by atoms with Gasteiger partial charge >= 0.3 is 0 Å². The Kier molecular flexibility index (Phi) is 4.43. The lowest BCUT2D eigenvalue weighted by atomic mass is 9.89. The van der Waals surface area contributed by atoms with Gasteiger partial charge in [0.2, 0.25) is 11.8 Å². The summed E-state index contributed by atoms with van der Waals surface area (Å²) in [5, 5.41) is 6.28. The monoisotopic (exact) mass is 301 g/mol. The van der Waals surface area contributed by atoms with Gasteiger partial charge < -0.3 is 15.5 Å². The number of fused-ring (bicyclic) bond motifs is 1. The van der Waals surface area contributed by atoms with Crippen molar-refractivity contribution in [2.75, 3.05) is 25.0 Å². The zero-order valence-electron chi connectivity index (χ0n) is 13.0. The summed E-state index contributed by atoms with van der Waals surface area (Å²) in [6, 6.07) is 8.23. The largest absolute Gasteiger partial charge is 0.340 e. The second kappa shape index (κ2) is 6.48. The normalized spacial score (nSPS) is 24.6. The molecule has 0 aliphatic carbocycles. The maximum Gasteiger partial charge on any atom is 0.227 e.